The molecule has 0 fully saturated rings. The number of hydrazine groups is 3. The van der Waals surface area contributed by atoms with Gasteiger partial charge in [0.05, 0.1) is 0 Å². The highest BCUT2D eigenvalue weighted by Gasteiger charge is 1.96. The predicted molar refractivity (Wildman–Crippen MR) is 130 cm³/mol. The molecule has 0 aliphatic carbocycles. The lowest BCUT2D eigenvalue weighted by atomic mass is 10.0. The highest BCUT2D eigenvalue weighted by molar-refractivity contribution is 5.70. The van der Waals surface area contributed by atoms with Crippen LogP contribution in [0.15, 0.2) is 0 Å². The molecule has 0 unspecified atom stereocenters. The first-order valence-corrected chi connectivity index (χ1v) is 13.1. The second-order valence-electron chi connectivity index (χ2n) is 8.74. The van der Waals surface area contributed by atoms with Crippen LogP contribution in [0, 0.1) is 0 Å². The van der Waals surface area contributed by atoms with Crippen LogP contribution < -0.4 is 27.7 Å². The molecule has 180 valence electrons. The molecule has 0 atom stereocenters. The summed E-state index contributed by atoms with van der Waals surface area (Å²) in [5.41, 5.74) is 15.2. The summed E-state index contributed by atoms with van der Waals surface area (Å²) in [5, 5.41) is 0. The molecule has 30 heavy (non-hydrogen) atoms. The van der Waals surface area contributed by atoms with Crippen LogP contribution in [0.1, 0.15) is 142 Å². The minimum Gasteiger partial charge on any atom is -0.351 e. The number of amides is 2. The fourth-order valence-corrected chi connectivity index (χ4v) is 3.84. The van der Waals surface area contributed by atoms with Crippen molar-refractivity contribution in [3.63, 3.8) is 0 Å². The Morgan fingerprint density at radius 2 is 0.867 bits per heavy atom. The van der Waals surface area contributed by atoms with Crippen molar-refractivity contribution in [2.75, 3.05) is 6.54 Å². The second kappa shape index (κ2) is 26.2. The van der Waals surface area contributed by atoms with E-state index in [-0.39, 0.29) is 0 Å². The van der Waals surface area contributed by atoms with Crippen LogP contribution in [-0.2, 0) is 0 Å². The van der Waals surface area contributed by atoms with E-state index in [2.05, 4.69) is 28.8 Å². The summed E-state index contributed by atoms with van der Waals surface area (Å²) < 4.78 is 0. The van der Waals surface area contributed by atoms with Gasteiger partial charge < -0.3 is 5.73 Å². The van der Waals surface area contributed by atoms with Gasteiger partial charge in [-0.15, -0.1) is 0 Å². The zero-order valence-corrected chi connectivity index (χ0v) is 20.0. The highest BCUT2D eigenvalue weighted by atomic mass is 16.2. The van der Waals surface area contributed by atoms with Gasteiger partial charge in [-0.3, -0.25) is 5.43 Å². The summed E-state index contributed by atoms with van der Waals surface area (Å²) in [4.78, 5) is 10.4. The lowest BCUT2D eigenvalue weighted by Crippen LogP contribution is -2.54. The molecule has 0 spiro atoms. The van der Waals surface area contributed by atoms with Crippen molar-refractivity contribution in [3.8, 4) is 0 Å². The van der Waals surface area contributed by atoms with Crippen molar-refractivity contribution in [1.29, 1.82) is 0 Å². The van der Waals surface area contributed by atoms with Gasteiger partial charge in [0, 0.05) is 6.54 Å². The number of hydrogen-bond donors (Lipinski definition) is 5. The average Bonchev–Trinajstić information content (AvgIpc) is 2.73. The monoisotopic (exact) mass is 427 g/mol. The van der Waals surface area contributed by atoms with Crippen molar-refractivity contribution in [3.05, 3.63) is 0 Å². The molecule has 6 nitrogen and oxygen atoms in total. The third-order valence-electron chi connectivity index (χ3n) is 5.74. The maximum absolute atomic E-state index is 10.4. The fourth-order valence-electron chi connectivity index (χ4n) is 3.84. The van der Waals surface area contributed by atoms with Crippen molar-refractivity contribution < 1.29 is 4.79 Å². The lowest BCUT2D eigenvalue weighted by Gasteiger charge is -2.08. The van der Waals surface area contributed by atoms with E-state index < -0.39 is 6.03 Å². The van der Waals surface area contributed by atoms with E-state index in [1.54, 1.807) is 0 Å². The number of rotatable bonds is 25. The molecule has 0 rings (SSSR count). The third-order valence-corrected chi connectivity index (χ3v) is 5.74. The summed E-state index contributed by atoms with van der Waals surface area (Å²) in [6.07, 6.45) is 29.5. The zero-order valence-electron chi connectivity index (χ0n) is 20.0. The Bertz CT molecular complexity index is 342. The van der Waals surface area contributed by atoms with Crippen LogP contribution in [0.25, 0.3) is 0 Å². The number of urea groups is 1. The van der Waals surface area contributed by atoms with Crippen molar-refractivity contribution in [2.45, 2.75) is 142 Å². The summed E-state index contributed by atoms with van der Waals surface area (Å²) >= 11 is 0. The summed E-state index contributed by atoms with van der Waals surface area (Å²) in [7, 11) is 0. The van der Waals surface area contributed by atoms with Crippen LogP contribution in [0.3, 0.4) is 0 Å². The van der Waals surface area contributed by atoms with Gasteiger partial charge in [0.25, 0.3) is 0 Å². The average molecular weight is 428 g/mol. The first-order chi connectivity index (χ1) is 14.8. The zero-order chi connectivity index (χ0) is 22.0. The molecule has 0 aliphatic rings. The number of unbranched alkanes of at least 4 members (excludes halogenated alkanes) is 20. The Labute approximate surface area is 187 Å². The van der Waals surface area contributed by atoms with Gasteiger partial charge in [0.15, 0.2) is 0 Å². The van der Waals surface area contributed by atoms with E-state index in [0.717, 1.165) is 13.0 Å². The van der Waals surface area contributed by atoms with Crippen LogP contribution >= 0.6 is 0 Å². The van der Waals surface area contributed by atoms with Crippen molar-refractivity contribution in [1.82, 2.24) is 21.9 Å². The van der Waals surface area contributed by atoms with Gasteiger partial charge in [-0.25, -0.2) is 10.2 Å². The highest BCUT2D eigenvalue weighted by Crippen LogP contribution is 2.14. The fraction of sp³-hybridized carbons (Fsp3) is 0.958. The van der Waals surface area contributed by atoms with Gasteiger partial charge in [-0.05, 0) is 6.42 Å². The Kier molecular flexibility index (Phi) is 25.4. The van der Waals surface area contributed by atoms with Gasteiger partial charge in [-0.1, -0.05) is 135 Å². The number of nitrogens with two attached hydrogens (primary N) is 1. The maximum atomic E-state index is 10.4. The SMILES string of the molecule is CCCCCCCCCCCCCCCCCCCCCCCNNNNC(N)=O. The Morgan fingerprint density at radius 3 is 1.20 bits per heavy atom. The Hall–Kier alpha value is -0.850. The summed E-state index contributed by atoms with van der Waals surface area (Å²) in [6.45, 7) is 3.16. The standard InChI is InChI=1S/C24H53N5O/c1-2-3-4-5-6-7-8-9-10-11-12-13-14-15-16-17-18-19-20-21-22-23-26-28-29-27-24(25)30/h26,28-29H,2-23H2,1H3,(H3,25,27,30). The first kappa shape index (κ1) is 29.1. The molecule has 6 heteroatoms. The largest absolute Gasteiger partial charge is 0.351 e. The van der Waals surface area contributed by atoms with Crippen molar-refractivity contribution in [2.24, 2.45) is 5.73 Å². The molecule has 0 aromatic heterocycles. The van der Waals surface area contributed by atoms with E-state index >= 15 is 0 Å². The molecule has 0 aromatic rings. The van der Waals surface area contributed by atoms with E-state index in [4.69, 9.17) is 5.73 Å². The normalized spacial score (nSPS) is 11.1. The first-order valence-electron chi connectivity index (χ1n) is 13.1. The molecule has 0 saturated heterocycles. The Balaban J connectivity index is 2.99. The summed E-state index contributed by atoms with van der Waals surface area (Å²) in [6, 6.07) is -0.613. The Morgan fingerprint density at radius 1 is 0.533 bits per heavy atom. The molecular weight excluding hydrogens is 374 g/mol. The minimum atomic E-state index is -0.613. The molecule has 0 radical (unpaired) electrons. The van der Waals surface area contributed by atoms with Gasteiger partial charge in [0.2, 0.25) is 0 Å². The van der Waals surface area contributed by atoms with Gasteiger partial charge in [0.1, 0.15) is 0 Å². The van der Waals surface area contributed by atoms with E-state index in [9.17, 15) is 4.79 Å². The molecular formula is C24H53N5O. The van der Waals surface area contributed by atoms with Crippen molar-refractivity contribution >= 4 is 6.03 Å². The molecule has 0 bridgehead atoms. The van der Waals surface area contributed by atoms with Crippen LogP contribution in [-0.4, -0.2) is 12.6 Å². The van der Waals surface area contributed by atoms with E-state index in [1.807, 2.05) is 0 Å². The number of primary amides is 1. The minimum absolute atomic E-state index is 0.613. The smallest absolute Gasteiger partial charge is 0.327 e. The quantitative estimate of drug-likeness (QED) is 0.0863. The van der Waals surface area contributed by atoms with E-state index in [1.165, 1.54) is 128 Å². The molecule has 0 aliphatic heterocycles. The molecule has 0 aromatic carbocycles. The predicted octanol–water partition coefficient (Wildman–Crippen LogP) is 6.38. The van der Waals surface area contributed by atoms with Crippen LogP contribution in [0.4, 0.5) is 4.79 Å². The maximum Gasteiger partial charge on any atom is 0.327 e. The third kappa shape index (κ3) is 27.1. The summed E-state index contributed by atoms with van der Waals surface area (Å²) in [5.74, 6) is 0. The number of nitrogens with one attached hydrogen (secondary N) is 4. The lowest BCUT2D eigenvalue weighted by molar-refractivity contribution is 0.239. The second-order valence-corrected chi connectivity index (χ2v) is 8.74. The van der Waals surface area contributed by atoms with Gasteiger partial charge in [-0.2, -0.15) is 11.1 Å². The number of hydrogen-bond acceptors (Lipinski definition) is 4. The topological polar surface area (TPSA) is 91.2 Å². The number of carbonyl (C=O) groups excluding carboxylic acids is 1. The number of carbonyl (C=O) groups is 1. The van der Waals surface area contributed by atoms with Crippen LogP contribution in [0.5, 0.6) is 0 Å². The van der Waals surface area contributed by atoms with E-state index in [0.29, 0.717) is 0 Å². The molecule has 0 heterocycles. The molecule has 0 saturated carbocycles. The molecule has 6 N–H and O–H groups in total. The molecule has 2 amide bonds. The van der Waals surface area contributed by atoms with Crippen LogP contribution in [0.2, 0.25) is 0 Å². The van der Waals surface area contributed by atoms with Gasteiger partial charge >= 0.3 is 6.03 Å².